The minimum Gasteiger partial charge on any atom is -0.377 e. The van der Waals surface area contributed by atoms with Gasteiger partial charge < -0.3 is 4.74 Å². The monoisotopic (exact) mass is 327 g/mol. The average molecular weight is 327 g/mol. The Bertz CT molecular complexity index is 686. The minimum absolute atomic E-state index is 0.297. The van der Waals surface area contributed by atoms with Crippen LogP contribution in [0.15, 0.2) is 29.6 Å². The first-order valence-electron chi connectivity index (χ1n) is 7.97. The Morgan fingerprint density at radius 1 is 1.39 bits per heavy atom. The number of aryl methyl sites for hydroxylation is 1. The Balaban J connectivity index is 1.74. The SMILES string of the molecule is Cc1csc(CN(Cc2ccccc2C#N)C[C@@H]2CCCO2)n1. The van der Waals surface area contributed by atoms with Crippen LogP contribution in [0.5, 0.6) is 0 Å². The summed E-state index contributed by atoms with van der Waals surface area (Å²) in [6, 6.07) is 10.1. The molecule has 1 aliphatic heterocycles. The number of hydrogen-bond donors (Lipinski definition) is 0. The van der Waals surface area contributed by atoms with Crippen molar-refractivity contribution < 1.29 is 4.74 Å². The predicted molar refractivity (Wildman–Crippen MR) is 91.1 cm³/mol. The zero-order valence-electron chi connectivity index (χ0n) is 13.4. The maximum atomic E-state index is 9.31. The maximum Gasteiger partial charge on any atom is 0.107 e. The Morgan fingerprint density at radius 3 is 2.96 bits per heavy atom. The maximum absolute atomic E-state index is 9.31. The van der Waals surface area contributed by atoms with Gasteiger partial charge in [0, 0.05) is 30.8 Å². The van der Waals surface area contributed by atoms with E-state index >= 15 is 0 Å². The lowest BCUT2D eigenvalue weighted by atomic mass is 10.1. The van der Waals surface area contributed by atoms with Gasteiger partial charge in [0.15, 0.2) is 0 Å². The molecule has 1 aliphatic rings. The fourth-order valence-electron chi connectivity index (χ4n) is 2.94. The molecule has 4 nitrogen and oxygen atoms in total. The summed E-state index contributed by atoms with van der Waals surface area (Å²) >= 11 is 1.70. The van der Waals surface area contributed by atoms with E-state index in [9.17, 15) is 5.26 Å². The second kappa shape index (κ2) is 7.69. The Labute approximate surface area is 141 Å². The second-order valence-corrected chi connectivity index (χ2v) is 6.90. The van der Waals surface area contributed by atoms with E-state index in [1.807, 2.05) is 31.2 Å². The molecule has 1 aromatic carbocycles. The predicted octanol–water partition coefficient (Wildman–Crippen LogP) is 3.50. The van der Waals surface area contributed by atoms with Crippen molar-refractivity contribution in [2.24, 2.45) is 0 Å². The lowest BCUT2D eigenvalue weighted by Crippen LogP contribution is -2.31. The summed E-state index contributed by atoms with van der Waals surface area (Å²) in [4.78, 5) is 6.93. The van der Waals surface area contributed by atoms with Crippen molar-refractivity contribution in [2.75, 3.05) is 13.2 Å². The smallest absolute Gasteiger partial charge is 0.107 e. The third-order valence-corrected chi connectivity index (χ3v) is 4.99. The molecule has 0 N–H and O–H groups in total. The van der Waals surface area contributed by atoms with Gasteiger partial charge in [0.1, 0.15) is 5.01 Å². The highest BCUT2D eigenvalue weighted by atomic mass is 32.1. The summed E-state index contributed by atoms with van der Waals surface area (Å²) < 4.78 is 5.80. The van der Waals surface area contributed by atoms with Crippen LogP contribution in [0.4, 0.5) is 0 Å². The third kappa shape index (κ3) is 4.38. The number of benzene rings is 1. The highest BCUT2D eigenvalue weighted by Crippen LogP contribution is 2.20. The topological polar surface area (TPSA) is 49.2 Å². The standard InChI is InChI=1S/C18H21N3OS/c1-14-13-23-18(20-14)12-21(11-17-7-4-8-22-17)10-16-6-3-2-5-15(16)9-19/h2-3,5-6,13,17H,4,7-8,10-12H2,1H3/t17-/m0/s1. The highest BCUT2D eigenvalue weighted by molar-refractivity contribution is 7.09. The molecular formula is C18H21N3OS. The zero-order chi connectivity index (χ0) is 16.1. The molecule has 5 heteroatoms. The van der Waals surface area contributed by atoms with Crippen LogP contribution in [-0.4, -0.2) is 29.1 Å². The molecule has 1 fully saturated rings. The van der Waals surface area contributed by atoms with Crippen molar-refractivity contribution in [3.05, 3.63) is 51.5 Å². The molecule has 0 saturated carbocycles. The number of rotatable bonds is 6. The van der Waals surface area contributed by atoms with Crippen molar-refractivity contribution in [1.82, 2.24) is 9.88 Å². The lowest BCUT2D eigenvalue weighted by molar-refractivity contribution is 0.0678. The minimum atomic E-state index is 0.297. The number of aromatic nitrogens is 1. The first kappa shape index (κ1) is 16.1. The van der Waals surface area contributed by atoms with E-state index in [-0.39, 0.29) is 0 Å². The van der Waals surface area contributed by atoms with Gasteiger partial charge in [-0.25, -0.2) is 4.98 Å². The summed E-state index contributed by atoms with van der Waals surface area (Å²) in [5.41, 5.74) is 2.89. The summed E-state index contributed by atoms with van der Waals surface area (Å²) in [7, 11) is 0. The van der Waals surface area contributed by atoms with Crippen LogP contribution in [0.3, 0.4) is 0 Å². The van der Waals surface area contributed by atoms with Crippen molar-refractivity contribution in [1.29, 1.82) is 5.26 Å². The van der Waals surface area contributed by atoms with Crippen LogP contribution < -0.4 is 0 Å². The first-order valence-corrected chi connectivity index (χ1v) is 8.85. The number of ether oxygens (including phenoxy) is 1. The van der Waals surface area contributed by atoms with E-state index in [0.717, 1.165) is 60.9 Å². The van der Waals surface area contributed by atoms with Crippen LogP contribution in [0.1, 0.15) is 34.7 Å². The number of nitriles is 1. The van der Waals surface area contributed by atoms with Gasteiger partial charge in [0.2, 0.25) is 0 Å². The Hall–Kier alpha value is -1.74. The van der Waals surface area contributed by atoms with E-state index < -0.39 is 0 Å². The summed E-state index contributed by atoms with van der Waals surface area (Å²) in [5, 5.41) is 12.5. The molecular weight excluding hydrogens is 306 g/mol. The van der Waals surface area contributed by atoms with Gasteiger partial charge in [-0.2, -0.15) is 5.26 Å². The molecule has 0 unspecified atom stereocenters. The second-order valence-electron chi connectivity index (χ2n) is 5.96. The largest absolute Gasteiger partial charge is 0.377 e. The first-order chi connectivity index (χ1) is 11.2. The Morgan fingerprint density at radius 2 is 2.26 bits per heavy atom. The van der Waals surface area contributed by atoms with Crippen LogP contribution in [-0.2, 0) is 17.8 Å². The number of hydrogen-bond acceptors (Lipinski definition) is 5. The van der Waals surface area contributed by atoms with E-state index in [4.69, 9.17) is 4.74 Å². The quantitative estimate of drug-likeness (QED) is 0.815. The third-order valence-electron chi connectivity index (χ3n) is 4.04. The normalized spacial score (nSPS) is 17.5. The molecule has 120 valence electrons. The van der Waals surface area contributed by atoms with E-state index in [0.29, 0.717) is 6.10 Å². The van der Waals surface area contributed by atoms with Crippen LogP contribution in [0.25, 0.3) is 0 Å². The van der Waals surface area contributed by atoms with Gasteiger partial charge in [-0.3, -0.25) is 4.90 Å². The molecule has 0 aliphatic carbocycles. The van der Waals surface area contributed by atoms with Gasteiger partial charge in [0.25, 0.3) is 0 Å². The fraction of sp³-hybridized carbons (Fsp3) is 0.444. The van der Waals surface area contributed by atoms with E-state index in [2.05, 4.69) is 21.3 Å². The van der Waals surface area contributed by atoms with Gasteiger partial charge in [-0.15, -0.1) is 11.3 Å². The molecule has 0 amide bonds. The lowest BCUT2D eigenvalue weighted by Gasteiger charge is -2.24. The van der Waals surface area contributed by atoms with Crippen molar-refractivity contribution in [3.63, 3.8) is 0 Å². The molecule has 2 heterocycles. The highest BCUT2D eigenvalue weighted by Gasteiger charge is 2.21. The Kier molecular flexibility index (Phi) is 5.39. The van der Waals surface area contributed by atoms with Crippen LogP contribution >= 0.6 is 11.3 Å². The molecule has 1 saturated heterocycles. The van der Waals surface area contributed by atoms with Gasteiger partial charge >= 0.3 is 0 Å². The zero-order valence-corrected chi connectivity index (χ0v) is 14.2. The molecule has 1 aromatic heterocycles. The summed E-state index contributed by atoms with van der Waals surface area (Å²) in [5.74, 6) is 0. The van der Waals surface area contributed by atoms with Crippen molar-refractivity contribution in [3.8, 4) is 6.07 Å². The summed E-state index contributed by atoms with van der Waals surface area (Å²) in [6.07, 6.45) is 2.56. The number of nitrogens with zero attached hydrogens (tertiary/aromatic N) is 3. The molecule has 0 bridgehead atoms. The van der Waals surface area contributed by atoms with Crippen LogP contribution in [0, 0.1) is 18.3 Å². The number of thiazole rings is 1. The molecule has 3 rings (SSSR count). The molecule has 0 spiro atoms. The van der Waals surface area contributed by atoms with Crippen molar-refractivity contribution >= 4 is 11.3 Å². The fourth-order valence-corrected chi connectivity index (χ4v) is 3.75. The average Bonchev–Trinajstić information content (AvgIpc) is 3.20. The van der Waals surface area contributed by atoms with E-state index in [1.54, 1.807) is 11.3 Å². The molecule has 23 heavy (non-hydrogen) atoms. The van der Waals surface area contributed by atoms with Crippen molar-refractivity contribution in [2.45, 2.75) is 39.0 Å². The van der Waals surface area contributed by atoms with Crippen LogP contribution in [0.2, 0.25) is 0 Å². The summed E-state index contributed by atoms with van der Waals surface area (Å²) in [6.45, 7) is 5.33. The van der Waals surface area contributed by atoms with Gasteiger partial charge in [0.05, 0.1) is 24.3 Å². The van der Waals surface area contributed by atoms with Gasteiger partial charge in [-0.05, 0) is 31.4 Å². The van der Waals surface area contributed by atoms with Gasteiger partial charge in [-0.1, -0.05) is 18.2 Å². The molecule has 1 atom stereocenters. The van der Waals surface area contributed by atoms with E-state index in [1.165, 1.54) is 0 Å². The molecule has 0 radical (unpaired) electrons. The molecule has 2 aromatic rings.